The molecular weight excluding hydrogens is 376 g/mol. The van der Waals surface area contributed by atoms with E-state index in [0.29, 0.717) is 11.5 Å². The fraction of sp³-hybridized carbons (Fsp3) is 0.250. The number of methoxy groups -OCH3 is 2. The summed E-state index contributed by atoms with van der Waals surface area (Å²) in [5, 5.41) is 4.83. The van der Waals surface area contributed by atoms with Crippen LogP contribution in [0.5, 0.6) is 11.5 Å². The van der Waals surface area contributed by atoms with Crippen molar-refractivity contribution in [3.05, 3.63) is 48.0 Å². The van der Waals surface area contributed by atoms with Crippen LogP contribution in [0.2, 0.25) is 0 Å². The van der Waals surface area contributed by atoms with E-state index in [9.17, 15) is 4.79 Å². The Morgan fingerprint density at radius 3 is 2.75 bits per heavy atom. The first-order valence-corrected chi connectivity index (χ1v) is 9.76. The van der Waals surface area contributed by atoms with Gasteiger partial charge in [-0.2, -0.15) is 5.10 Å². The van der Waals surface area contributed by atoms with E-state index in [0.717, 1.165) is 28.3 Å². The van der Waals surface area contributed by atoms with Crippen molar-refractivity contribution >= 4 is 34.9 Å². The SMILES string of the molecule is CCn1c(SCC(=O)NN=Cc2ccc(OC)c(OC)c2)nc2ccccc21. The Morgan fingerprint density at radius 1 is 1.21 bits per heavy atom. The first-order valence-electron chi connectivity index (χ1n) is 8.78. The highest BCUT2D eigenvalue weighted by atomic mass is 32.2. The van der Waals surface area contributed by atoms with E-state index in [4.69, 9.17) is 9.47 Å². The third-order valence-corrected chi connectivity index (χ3v) is 5.05. The maximum Gasteiger partial charge on any atom is 0.250 e. The zero-order valence-electron chi connectivity index (χ0n) is 16.0. The third kappa shape index (κ3) is 4.45. The normalized spacial score (nSPS) is 11.1. The molecule has 1 aromatic heterocycles. The fourth-order valence-electron chi connectivity index (χ4n) is 2.74. The number of nitrogens with one attached hydrogen (secondary N) is 1. The van der Waals surface area contributed by atoms with Gasteiger partial charge in [0.05, 0.1) is 37.2 Å². The third-order valence-electron chi connectivity index (χ3n) is 4.08. The molecule has 0 aliphatic heterocycles. The number of hydrogen-bond acceptors (Lipinski definition) is 6. The number of ether oxygens (including phenoxy) is 2. The monoisotopic (exact) mass is 398 g/mol. The molecular formula is C20H22N4O3S. The summed E-state index contributed by atoms with van der Waals surface area (Å²) in [6, 6.07) is 13.3. The summed E-state index contributed by atoms with van der Waals surface area (Å²) < 4.78 is 12.5. The highest BCUT2D eigenvalue weighted by Gasteiger charge is 2.11. The van der Waals surface area contributed by atoms with Gasteiger partial charge in [0.15, 0.2) is 16.7 Å². The number of carbonyl (C=O) groups is 1. The van der Waals surface area contributed by atoms with E-state index < -0.39 is 0 Å². The van der Waals surface area contributed by atoms with Crippen molar-refractivity contribution < 1.29 is 14.3 Å². The number of aromatic nitrogens is 2. The second-order valence-electron chi connectivity index (χ2n) is 5.82. The topological polar surface area (TPSA) is 77.7 Å². The van der Waals surface area contributed by atoms with Crippen molar-refractivity contribution in [1.29, 1.82) is 0 Å². The number of amides is 1. The number of hydrazone groups is 1. The van der Waals surface area contributed by atoms with Crippen LogP contribution in [0.25, 0.3) is 11.0 Å². The average molecular weight is 398 g/mol. The number of para-hydroxylation sites is 2. The number of hydrogen-bond donors (Lipinski definition) is 1. The molecule has 1 heterocycles. The first-order chi connectivity index (χ1) is 13.7. The zero-order chi connectivity index (χ0) is 19.9. The molecule has 146 valence electrons. The van der Waals surface area contributed by atoms with Crippen molar-refractivity contribution in [1.82, 2.24) is 15.0 Å². The second kappa shape index (κ2) is 9.27. The van der Waals surface area contributed by atoms with Crippen molar-refractivity contribution in [2.24, 2.45) is 5.10 Å². The van der Waals surface area contributed by atoms with Crippen LogP contribution < -0.4 is 14.9 Å². The van der Waals surface area contributed by atoms with Crippen LogP contribution in [0.3, 0.4) is 0 Å². The van der Waals surface area contributed by atoms with Crippen LogP contribution in [0.4, 0.5) is 0 Å². The molecule has 0 saturated carbocycles. The number of imidazole rings is 1. The number of nitrogens with zero attached hydrogens (tertiary/aromatic N) is 3. The van der Waals surface area contributed by atoms with E-state index >= 15 is 0 Å². The fourth-order valence-corrected chi connectivity index (χ4v) is 3.61. The van der Waals surface area contributed by atoms with Gasteiger partial charge in [-0.3, -0.25) is 4.79 Å². The number of benzene rings is 2. The molecule has 7 nitrogen and oxygen atoms in total. The maximum atomic E-state index is 12.1. The Labute approximate surface area is 167 Å². The minimum absolute atomic E-state index is 0.198. The van der Waals surface area contributed by atoms with Crippen LogP contribution in [0.1, 0.15) is 12.5 Å². The van der Waals surface area contributed by atoms with E-state index in [1.165, 1.54) is 11.8 Å². The Hall–Kier alpha value is -3.00. The van der Waals surface area contributed by atoms with Gasteiger partial charge in [0.2, 0.25) is 0 Å². The largest absolute Gasteiger partial charge is 0.493 e. The van der Waals surface area contributed by atoms with Crippen LogP contribution in [-0.4, -0.2) is 41.6 Å². The van der Waals surface area contributed by atoms with Crippen LogP contribution in [-0.2, 0) is 11.3 Å². The molecule has 1 amide bonds. The predicted octanol–water partition coefficient (Wildman–Crippen LogP) is 3.32. The molecule has 3 aromatic rings. The molecule has 0 fully saturated rings. The molecule has 0 aliphatic carbocycles. The molecule has 0 bridgehead atoms. The molecule has 0 radical (unpaired) electrons. The van der Waals surface area contributed by atoms with Gasteiger partial charge in [0.25, 0.3) is 5.91 Å². The molecule has 28 heavy (non-hydrogen) atoms. The number of aryl methyl sites for hydroxylation is 1. The maximum absolute atomic E-state index is 12.1. The van der Waals surface area contributed by atoms with Gasteiger partial charge in [0.1, 0.15) is 0 Å². The highest BCUT2D eigenvalue weighted by Crippen LogP contribution is 2.27. The number of carbonyl (C=O) groups excluding carboxylic acids is 1. The molecule has 0 spiro atoms. The Balaban J connectivity index is 1.58. The Morgan fingerprint density at radius 2 is 2.00 bits per heavy atom. The van der Waals surface area contributed by atoms with Gasteiger partial charge in [-0.05, 0) is 42.8 Å². The lowest BCUT2D eigenvalue weighted by Crippen LogP contribution is -2.20. The second-order valence-corrected chi connectivity index (χ2v) is 6.77. The predicted molar refractivity (Wildman–Crippen MR) is 111 cm³/mol. The van der Waals surface area contributed by atoms with Crippen LogP contribution >= 0.6 is 11.8 Å². The van der Waals surface area contributed by atoms with Crippen molar-refractivity contribution in [3.63, 3.8) is 0 Å². The first kappa shape index (κ1) is 19.8. The molecule has 0 saturated heterocycles. The van der Waals surface area contributed by atoms with Crippen molar-refractivity contribution in [2.45, 2.75) is 18.6 Å². The average Bonchev–Trinajstić information content (AvgIpc) is 3.09. The minimum atomic E-state index is -0.198. The summed E-state index contributed by atoms with van der Waals surface area (Å²) in [5.74, 6) is 1.27. The summed E-state index contributed by atoms with van der Waals surface area (Å²) in [6.45, 7) is 2.85. The van der Waals surface area contributed by atoms with Gasteiger partial charge >= 0.3 is 0 Å². The minimum Gasteiger partial charge on any atom is -0.493 e. The number of rotatable bonds is 8. The van der Waals surface area contributed by atoms with Crippen molar-refractivity contribution in [3.8, 4) is 11.5 Å². The molecule has 1 N–H and O–H groups in total. The molecule has 8 heteroatoms. The quantitative estimate of drug-likeness (QED) is 0.358. The lowest BCUT2D eigenvalue weighted by molar-refractivity contribution is -0.118. The van der Waals surface area contributed by atoms with E-state index in [2.05, 4.69) is 27.0 Å². The molecule has 0 aliphatic rings. The molecule has 0 atom stereocenters. The summed E-state index contributed by atoms with van der Waals surface area (Å²) in [7, 11) is 3.15. The summed E-state index contributed by atoms with van der Waals surface area (Å²) >= 11 is 1.39. The Bertz CT molecular complexity index is 1000. The molecule has 0 unspecified atom stereocenters. The van der Waals surface area contributed by atoms with Gasteiger partial charge in [0, 0.05) is 6.54 Å². The Kier molecular flexibility index (Phi) is 6.54. The van der Waals surface area contributed by atoms with E-state index in [1.54, 1.807) is 32.6 Å². The zero-order valence-corrected chi connectivity index (χ0v) is 16.8. The van der Waals surface area contributed by atoms with Gasteiger partial charge in [-0.25, -0.2) is 10.4 Å². The number of fused-ring (bicyclic) bond motifs is 1. The lowest BCUT2D eigenvalue weighted by atomic mass is 10.2. The van der Waals surface area contributed by atoms with Gasteiger partial charge < -0.3 is 14.0 Å². The standard InChI is InChI=1S/C20H22N4O3S/c1-4-24-16-8-6-5-7-15(16)22-20(24)28-13-19(25)23-21-12-14-9-10-17(26-2)18(11-14)27-3/h5-12H,4,13H2,1-3H3,(H,23,25). The van der Waals surface area contributed by atoms with Crippen LogP contribution in [0.15, 0.2) is 52.7 Å². The van der Waals surface area contributed by atoms with Crippen molar-refractivity contribution in [2.75, 3.05) is 20.0 Å². The highest BCUT2D eigenvalue weighted by molar-refractivity contribution is 7.99. The van der Waals surface area contributed by atoms with Crippen LogP contribution in [0, 0.1) is 0 Å². The van der Waals surface area contributed by atoms with E-state index in [-0.39, 0.29) is 11.7 Å². The molecule has 3 rings (SSSR count). The summed E-state index contributed by atoms with van der Waals surface area (Å²) in [4.78, 5) is 16.7. The smallest absolute Gasteiger partial charge is 0.250 e. The van der Waals surface area contributed by atoms with Gasteiger partial charge in [-0.15, -0.1) is 0 Å². The number of thioether (sulfide) groups is 1. The van der Waals surface area contributed by atoms with Gasteiger partial charge in [-0.1, -0.05) is 23.9 Å². The lowest BCUT2D eigenvalue weighted by Gasteiger charge is -2.07. The molecule has 2 aromatic carbocycles. The van der Waals surface area contributed by atoms with E-state index in [1.807, 2.05) is 30.3 Å². The summed E-state index contributed by atoms with van der Waals surface area (Å²) in [5.41, 5.74) is 5.33. The summed E-state index contributed by atoms with van der Waals surface area (Å²) in [6.07, 6.45) is 1.56.